The molecule has 12 heteroatoms. The van der Waals surface area contributed by atoms with Crippen LogP contribution >= 0.6 is 23.2 Å². The Morgan fingerprint density at radius 2 is 2.03 bits per heavy atom. The van der Waals surface area contributed by atoms with Gasteiger partial charge in [0.2, 0.25) is 0 Å². The Kier molecular flexibility index (Phi) is 6.45. The van der Waals surface area contributed by atoms with Crippen molar-refractivity contribution in [2.24, 2.45) is 12.8 Å². The quantitative estimate of drug-likeness (QED) is 0.308. The molecule has 1 aromatic carbocycles. The second-order valence-corrected chi connectivity index (χ2v) is 8.66. The lowest BCUT2D eigenvalue weighted by atomic mass is 10.1. The zero-order valence-corrected chi connectivity index (χ0v) is 19.6. The standard InChI is InChI=1S/C22H21Cl2N7O3/c1-30-17(32)5-4-16(29-30)11-2-3-13(14(23)8-11)22(34)28-12-6-7-31(10-12)21-19(33)18(20(25)26)15(24)9-27-21/h2-5,8-9,12,33H,6-7,10H2,1H3,(H3,25,26)(H,28,34)/t12-/m1/s1. The Labute approximate surface area is 204 Å². The molecule has 1 amide bonds. The summed E-state index contributed by atoms with van der Waals surface area (Å²) < 4.78 is 1.22. The zero-order chi connectivity index (χ0) is 24.6. The number of aromatic hydroxyl groups is 1. The number of carbonyl (C=O) groups is 1. The summed E-state index contributed by atoms with van der Waals surface area (Å²) in [7, 11) is 1.56. The van der Waals surface area contributed by atoms with Gasteiger partial charge in [0.15, 0.2) is 11.6 Å². The summed E-state index contributed by atoms with van der Waals surface area (Å²) in [6.45, 7) is 0.915. The van der Waals surface area contributed by atoms with E-state index in [1.807, 2.05) is 0 Å². The van der Waals surface area contributed by atoms with E-state index in [9.17, 15) is 14.7 Å². The molecule has 0 aliphatic carbocycles. The Morgan fingerprint density at radius 1 is 1.26 bits per heavy atom. The number of nitrogen functional groups attached to an aromatic ring is 1. The number of amides is 1. The van der Waals surface area contributed by atoms with Crippen LogP contribution in [-0.2, 0) is 7.05 Å². The zero-order valence-electron chi connectivity index (χ0n) is 18.0. The number of hydrogen-bond acceptors (Lipinski definition) is 7. The number of pyridine rings is 1. The van der Waals surface area contributed by atoms with Crippen molar-refractivity contribution in [2.45, 2.75) is 12.5 Å². The van der Waals surface area contributed by atoms with Crippen molar-refractivity contribution in [3.63, 3.8) is 0 Å². The topological polar surface area (TPSA) is 150 Å². The summed E-state index contributed by atoms with van der Waals surface area (Å²) in [6.07, 6.45) is 1.95. The van der Waals surface area contributed by atoms with E-state index in [1.54, 1.807) is 36.2 Å². The van der Waals surface area contributed by atoms with Gasteiger partial charge < -0.3 is 21.1 Å². The predicted octanol–water partition coefficient (Wildman–Crippen LogP) is 2.15. The maximum absolute atomic E-state index is 12.9. The average molecular weight is 502 g/mol. The van der Waals surface area contributed by atoms with Crippen LogP contribution in [-0.4, -0.2) is 50.7 Å². The van der Waals surface area contributed by atoms with Crippen LogP contribution in [0, 0.1) is 5.41 Å². The highest BCUT2D eigenvalue weighted by atomic mass is 35.5. The smallest absolute Gasteiger partial charge is 0.266 e. The summed E-state index contributed by atoms with van der Waals surface area (Å²) in [5.41, 5.74) is 6.86. The normalized spacial score (nSPS) is 15.4. The van der Waals surface area contributed by atoms with Crippen LogP contribution in [0.15, 0.2) is 41.3 Å². The minimum atomic E-state index is -0.360. The molecule has 0 spiro atoms. The van der Waals surface area contributed by atoms with Crippen LogP contribution < -0.4 is 21.5 Å². The maximum atomic E-state index is 12.9. The van der Waals surface area contributed by atoms with Crippen molar-refractivity contribution in [3.8, 4) is 17.0 Å². The summed E-state index contributed by atoms with van der Waals surface area (Å²) in [4.78, 5) is 30.4. The number of benzene rings is 1. The first kappa shape index (κ1) is 23.5. The van der Waals surface area contributed by atoms with Crippen LogP contribution in [0.1, 0.15) is 22.3 Å². The van der Waals surface area contributed by atoms with Crippen molar-refractivity contribution < 1.29 is 9.90 Å². The van der Waals surface area contributed by atoms with Crippen LogP contribution in [0.25, 0.3) is 11.3 Å². The number of aromatic nitrogens is 3. The van der Waals surface area contributed by atoms with Gasteiger partial charge in [0.05, 0.1) is 26.9 Å². The summed E-state index contributed by atoms with van der Waals surface area (Å²) >= 11 is 12.4. The average Bonchev–Trinajstić information content (AvgIpc) is 3.23. The van der Waals surface area contributed by atoms with E-state index in [-0.39, 0.29) is 50.5 Å². The van der Waals surface area contributed by atoms with E-state index in [0.717, 1.165) is 0 Å². The van der Waals surface area contributed by atoms with E-state index in [1.165, 1.54) is 16.9 Å². The van der Waals surface area contributed by atoms with E-state index in [2.05, 4.69) is 15.4 Å². The first-order chi connectivity index (χ1) is 16.2. The molecule has 0 bridgehead atoms. The van der Waals surface area contributed by atoms with Gasteiger partial charge in [-0.25, -0.2) is 9.67 Å². The van der Waals surface area contributed by atoms with Gasteiger partial charge in [0, 0.05) is 44.0 Å². The monoisotopic (exact) mass is 501 g/mol. The van der Waals surface area contributed by atoms with Gasteiger partial charge in [0.1, 0.15) is 5.84 Å². The molecule has 34 heavy (non-hydrogen) atoms. The van der Waals surface area contributed by atoms with Gasteiger partial charge in [-0.2, -0.15) is 5.10 Å². The number of rotatable bonds is 5. The first-order valence-electron chi connectivity index (χ1n) is 10.3. The molecule has 1 fully saturated rings. The molecule has 1 saturated heterocycles. The van der Waals surface area contributed by atoms with E-state index < -0.39 is 0 Å². The largest absolute Gasteiger partial charge is 0.504 e. The molecule has 4 rings (SSSR count). The molecular weight excluding hydrogens is 481 g/mol. The van der Waals surface area contributed by atoms with Gasteiger partial charge in [-0.1, -0.05) is 29.3 Å². The van der Waals surface area contributed by atoms with Gasteiger partial charge in [-0.05, 0) is 24.6 Å². The highest BCUT2D eigenvalue weighted by Gasteiger charge is 2.29. The number of halogens is 2. The third-order valence-electron chi connectivity index (χ3n) is 5.55. The molecule has 176 valence electrons. The molecule has 1 aliphatic heterocycles. The number of carbonyl (C=O) groups excluding carboxylic acids is 1. The van der Waals surface area contributed by atoms with Gasteiger partial charge in [0.25, 0.3) is 11.5 Å². The van der Waals surface area contributed by atoms with E-state index in [0.29, 0.717) is 36.3 Å². The molecule has 1 atom stereocenters. The second-order valence-electron chi connectivity index (χ2n) is 7.85. The third kappa shape index (κ3) is 4.55. The number of hydrogen-bond donors (Lipinski definition) is 4. The molecule has 0 unspecified atom stereocenters. The Bertz CT molecular complexity index is 1360. The SMILES string of the molecule is Cn1nc(-c2ccc(C(=O)N[C@@H]3CCN(c4ncc(Cl)c(C(=N)N)c4O)C3)c(Cl)c2)ccc1=O. The van der Waals surface area contributed by atoms with Gasteiger partial charge in [-0.15, -0.1) is 0 Å². The predicted molar refractivity (Wildman–Crippen MR) is 130 cm³/mol. The molecule has 1 aliphatic rings. The summed E-state index contributed by atoms with van der Waals surface area (Å²) in [6, 6.07) is 7.74. The second kappa shape index (κ2) is 9.32. The third-order valence-corrected chi connectivity index (χ3v) is 6.15. The first-order valence-corrected chi connectivity index (χ1v) is 11.0. The molecule has 5 N–H and O–H groups in total. The number of anilines is 1. The van der Waals surface area contributed by atoms with Crippen molar-refractivity contribution in [2.75, 3.05) is 18.0 Å². The number of nitrogens with zero attached hydrogens (tertiary/aromatic N) is 4. The fourth-order valence-corrected chi connectivity index (χ4v) is 4.31. The van der Waals surface area contributed by atoms with Crippen LogP contribution in [0.3, 0.4) is 0 Å². The Morgan fingerprint density at radius 3 is 2.71 bits per heavy atom. The fourth-order valence-electron chi connectivity index (χ4n) is 3.80. The molecule has 3 heterocycles. The molecule has 10 nitrogen and oxygen atoms in total. The lowest BCUT2D eigenvalue weighted by Crippen LogP contribution is -2.37. The van der Waals surface area contributed by atoms with Crippen molar-refractivity contribution >= 4 is 40.8 Å². The molecular formula is C22H21Cl2N7O3. The number of nitrogens with two attached hydrogens (primary N) is 1. The van der Waals surface area contributed by atoms with Crippen molar-refractivity contribution in [3.05, 3.63) is 68.1 Å². The molecule has 0 saturated carbocycles. The number of aryl methyl sites for hydroxylation is 1. The number of amidine groups is 1. The lowest BCUT2D eigenvalue weighted by molar-refractivity contribution is 0.0940. The molecule has 2 aromatic heterocycles. The van der Waals surface area contributed by atoms with Crippen LogP contribution in [0.5, 0.6) is 5.75 Å². The Balaban J connectivity index is 1.47. The highest BCUT2D eigenvalue weighted by molar-refractivity contribution is 6.34. The minimum absolute atomic E-state index is 0.0269. The van der Waals surface area contributed by atoms with E-state index >= 15 is 0 Å². The van der Waals surface area contributed by atoms with Crippen molar-refractivity contribution in [1.82, 2.24) is 20.1 Å². The molecule has 3 aromatic rings. The molecule has 0 radical (unpaired) electrons. The minimum Gasteiger partial charge on any atom is -0.504 e. The van der Waals surface area contributed by atoms with Crippen LogP contribution in [0.2, 0.25) is 10.0 Å². The number of nitrogens with one attached hydrogen (secondary N) is 2. The maximum Gasteiger partial charge on any atom is 0.266 e. The fraction of sp³-hybridized carbons (Fsp3) is 0.227. The van der Waals surface area contributed by atoms with Crippen LogP contribution in [0.4, 0.5) is 5.82 Å². The highest BCUT2D eigenvalue weighted by Crippen LogP contribution is 2.34. The van der Waals surface area contributed by atoms with Crippen molar-refractivity contribution in [1.29, 1.82) is 5.41 Å². The lowest BCUT2D eigenvalue weighted by Gasteiger charge is -2.20. The Hall–Kier alpha value is -3.63. The summed E-state index contributed by atoms with van der Waals surface area (Å²) in [5, 5.41) is 25.6. The van der Waals surface area contributed by atoms with E-state index in [4.69, 9.17) is 34.3 Å². The van der Waals surface area contributed by atoms with Gasteiger partial charge in [-0.3, -0.25) is 15.0 Å². The van der Waals surface area contributed by atoms with Gasteiger partial charge >= 0.3 is 0 Å². The summed E-state index contributed by atoms with van der Waals surface area (Å²) in [5.74, 6) is -0.716.